The van der Waals surface area contributed by atoms with Crippen LogP contribution in [0.25, 0.3) is 0 Å². The van der Waals surface area contributed by atoms with E-state index in [9.17, 15) is 19.2 Å². The molecule has 0 aromatic carbocycles. The molecule has 10 nitrogen and oxygen atoms in total. The summed E-state index contributed by atoms with van der Waals surface area (Å²) in [5.74, 6) is -0.895. The van der Waals surface area contributed by atoms with Crippen LogP contribution < -0.4 is 0 Å². The number of methoxy groups -OCH3 is 2. The fourth-order valence-corrected chi connectivity index (χ4v) is 1.70. The molecule has 10 heteroatoms. The highest BCUT2D eigenvalue weighted by Gasteiger charge is 2.27. The number of esters is 4. The Labute approximate surface area is 244 Å². The molecule has 0 amide bonds. The summed E-state index contributed by atoms with van der Waals surface area (Å²) in [5, 5.41) is 0. The molecule has 0 fully saturated rings. The predicted octanol–water partition coefficient (Wildman–Crippen LogP) is 4.53. The number of carbonyl (C=O) groups is 4. The van der Waals surface area contributed by atoms with Crippen molar-refractivity contribution in [3.8, 4) is 0 Å². The first kappa shape index (κ1) is 44.3. The highest BCUT2D eigenvalue weighted by Crippen LogP contribution is 2.21. The van der Waals surface area contributed by atoms with Gasteiger partial charge in [-0.25, -0.2) is 9.59 Å². The molecule has 0 saturated heterocycles. The molecule has 0 aliphatic carbocycles. The van der Waals surface area contributed by atoms with Crippen molar-refractivity contribution in [2.75, 3.05) is 68.7 Å². The van der Waals surface area contributed by atoms with Crippen LogP contribution in [0.4, 0.5) is 0 Å². The molecule has 0 unspecified atom stereocenters. The summed E-state index contributed by atoms with van der Waals surface area (Å²) < 4.78 is 18.8. The Morgan fingerprint density at radius 2 is 0.975 bits per heavy atom. The van der Waals surface area contributed by atoms with Crippen molar-refractivity contribution in [1.82, 2.24) is 9.80 Å². The Bertz CT molecular complexity index is 772. The molecule has 0 saturated carbocycles. The maximum atomic E-state index is 11.4. The van der Waals surface area contributed by atoms with Crippen LogP contribution in [-0.4, -0.2) is 102 Å². The van der Waals surface area contributed by atoms with Gasteiger partial charge in [0, 0.05) is 24.2 Å². The van der Waals surface area contributed by atoms with Gasteiger partial charge in [0.05, 0.1) is 25.0 Å². The van der Waals surface area contributed by atoms with Gasteiger partial charge in [-0.1, -0.05) is 27.0 Å². The van der Waals surface area contributed by atoms with E-state index in [0.717, 1.165) is 25.9 Å². The molecular weight excluding hydrogens is 516 g/mol. The lowest BCUT2D eigenvalue weighted by Gasteiger charge is -2.20. The zero-order valence-corrected chi connectivity index (χ0v) is 27.8. The largest absolute Gasteiger partial charge is 0.469 e. The summed E-state index contributed by atoms with van der Waals surface area (Å²) in [5.41, 5.74) is 0.229. The number of ether oxygens (including phenoxy) is 4. The number of hydrogen-bond acceptors (Lipinski definition) is 10. The minimum Gasteiger partial charge on any atom is -0.469 e. The normalized spacial score (nSPS) is 10.4. The summed E-state index contributed by atoms with van der Waals surface area (Å²) in [6.45, 7) is 24.0. The summed E-state index contributed by atoms with van der Waals surface area (Å²) in [7, 11) is 10.5. The lowest BCUT2D eigenvalue weighted by Crippen LogP contribution is -2.28. The molecule has 0 N–H and O–H groups in total. The molecule has 0 heterocycles. The average molecular weight is 575 g/mol. The van der Waals surface area contributed by atoms with Gasteiger partial charge in [0.15, 0.2) is 0 Å². The summed E-state index contributed by atoms with van der Waals surface area (Å²) in [6.07, 6.45) is 1.63. The summed E-state index contributed by atoms with van der Waals surface area (Å²) >= 11 is 0. The van der Waals surface area contributed by atoms with Gasteiger partial charge in [0.25, 0.3) is 0 Å². The molecule has 0 spiro atoms. The van der Waals surface area contributed by atoms with Crippen molar-refractivity contribution in [1.29, 1.82) is 0 Å². The third kappa shape index (κ3) is 26.9. The smallest absolute Gasteiger partial charge is 0.333 e. The molecule has 40 heavy (non-hydrogen) atoms. The van der Waals surface area contributed by atoms with Crippen LogP contribution in [0.1, 0.15) is 68.2 Å². The Balaban J connectivity index is -0.000000221. The van der Waals surface area contributed by atoms with Gasteiger partial charge in [-0.3, -0.25) is 9.59 Å². The fraction of sp³-hybridized carbons (Fsp3) is 0.733. The highest BCUT2D eigenvalue weighted by molar-refractivity contribution is 5.87. The van der Waals surface area contributed by atoms with E-state index in [1.165, 1.54) is 14.2 Å². The van der Waals surface area contributed by atoms with E-state index >= 15 is 0 Å². The van der Waals surface area contributed by atoms with Gasteiger partial charge in [-0.15, -0.1) is 0 Å². The third-order valence-corrected chi connectivity index (χ3v) is 5.48. The average Bonchev–Trinajstić information content (AvgIpc) is 2.87. The first-order chi connectivity index (χ1) is 18.2. The second kappa shape index (κ2) is 24.1. The van der Waals surface area contributed by atoms with Crippen molar-refractivity contribution >= 4 is 23.9 Å². The van der Waals surface area contributed by atoms with E-state index < -0.39 is 0 Å². The van der Waals surface area contributed by atoms with Crippen LogP contribution in [0.5, 0.6) is 0 Å². The standard InChI is InChI=1S/C10H21NO2.C8H15NO2.C7H14O2.C5H8O2/c1-6-10(2,3)9(12)13-8-7-11(4)5;1-7(2)8(10)11-6-5-9(3)4;1-5-7(2,3)6(8)9-4;1-4(2)5(6)7-3/h6-8H2,1-5H3;1,5-6H2,2-4H3;5H2,1-4H3;1H2,2-3H3. The maximum absolute atomic E-state index is 11.4. The predicted molar refractivity (Wildman–Crippen MR) is 161 cm³/mol. The third-order valence-electron chi connectivity index (χ3n) is 5.48. The minimum atomic E-state index is -0.347. The lowest BCUT2D eigenvalue weighted by molar-refractivity contribution is -0.154. The van der Waals surface area contributed by atoms with Crippen LogP contribution in [-0.2, 0) is 38.1 Å². The van der Waals surface area contributed by atoms with Crippen LogP contribution >= 0.6 is 0 Å². The molecule has 0 rings (SSSR count). The van der Waals surface area contributed by atoms with E-state index in [0.29, 0.717) is 24.4 Å². The molecule has 0 aliphatic rings. The molecule has 0 aromatic heterocycles. The zero-order valence-electron chi connectivity index (χ0n) is 27.8. The summed E-state index contributed by atoms with van der Waals surface area (Å²) in [4.78, 5) is 47.2. The van der Waals surface area contributed by atoms with Gasteiger partial charge in [-0.05, 0) is 82.6 Å². The molecule has 0 aliphatic heterocycles. The highest BCUT2D eigenvalue weighted by atomic mass is 16.5. The second-order valence-corrected chi connectivity index (χ2v) is 10.9. The number of likely N-dealkylation sites (N-methyl/N-ethyl adjacent to an activating group) is 2. The number of rotatable bonds is 12. The molecule has 0 atom stereocenters. The van der Waals surface area contributed by atoms with E-state index in [1.54, 1.807) is 13.8 Å². The Kier molecular flexibility index (Phi) is 26.7. The van der Waals surface area contributed by atoms with E-state index in [4.69, 9.17) is 9.47 Å². The van der Waals surface area contributed by atoms with Gasteiger partial charge in [-0.2, -0.15) is 0 Å². The van der Waals surface area contributed by atoms with Gasteiger partial charge in [0.1, 0.15) is 13.2 Å². The first-order valence-electron chi connectivity index (χ1n) is 13.3. The Morgan fingerprint density at radius 3 is 1.20 bits per heavy atom. The van der Waals surface area contributed by atoms with Crippen molar-refractivity contribution in [3.63, 3.8) is 0 Å². The Morgan fingerprint density at radius 1 is 0.625 bits per heavy atom. The van der Waals surface area contributed by atoms with Crippen molar-refractivity contribution in [2.45, 2.75) is 68.2 Å². The lowest BCUT2D eigenvalue weighted by atomic mass is 9.91. The van der Waals surface area contributed by atoms with E-state index in [-0.39, 0.29) is 34.7 Å². The Hall–Kier alpha value is -2.72. The van der Waals surface area contributed by atoms with Crippen LogP contribution in [0.3, 0.4) is 0 Å². The van der Waals surface area contributed by atoms with Gasteiger partial charge in [0.2, 0.25) is 0 Å². The quantitative estimate of drug-likeness (QED) is 0.187. The zero-order chi connectivity index (χ0) is 32.7. The summed E-state index contributed by atoms with van der Waals surface area (Å²) in [6, 6.07) is 0. The van der Waals surface area contributed by atoms with Crippen molar-refractivity contribution in [3.05, 3.63) is 24.3 Å². The molecule has 0 radical (unpaired) electrons. The maximum Gasteiger partial charge on any atom is 0.333 e. The topological polar surface area (TPSA) is 112 Å². The van der Waals surface area contributed by atoms with E-state index in [2.05, 4.69) is 22.6 Å². The molecule has 236 valence electrons. The number of hydrogen-bond donors (Lipinski definition) is 0. The fourth-order valence-electron chi connectivity index (χ4n) is 1.70. The molecule has 0 bridgehead atoms. The SMILES string of the molecule is C=C(C)C(=O)OC.C=C(C)C(=O)OCCN(C)C.CCC(C)(C)C(=O)OC.CCC(C)(C)C(=O)OCCN(C)C. The van der Waals surface area contributed by atoms with Crippen LogP contribution in [0.15, 0.2) is 24.3 Å². The second-order valence-electron chi connectivity index (χ2n) is 10.9. The monoisotopic (exact) mass is 574 g/mol. The van der Waals surface area contributed by atoms with Gasteiger partial charge < -0.3 is 28.7 Å². The van der Waals surface area contributed by atoms with Crippen molar-refractivity contribution < 1.29 is 38.1 Å². The number of nitrogens with zero attached hydrogens (tertiary/aromatic N) is 2. The molecule has 0 aromatic rings. The van der Waals surface area contributed by atoms with Crippen LogP contribution in [0.2, 0.25) is 0 Å². The minimum absolute atomic E-state index is 0.100. The van der Waals surface area contributed by atoms with E-state index in [1.807, 2.05) is 79.5 Å². The van der Waals surface area contributed by atoms with Crippen molar-refractivity contribution in [2.24, 2.45) is 10.8 Å². The first-order valence-corrected chi connectivity index (χ1v) is 13.3. The van der Waals surface area contributed by atoms with Crippen LogP contribution in [0, 0.1) is 10.8 Å². The molecular formula is C30H58N2O8. The van der Waals surface area contributed by atoms with Gasteiger partial charge >= 0.3 is 23.9 Å². The number of carbonyl (C=O) groups excluding carboxylic acids is 4.